The van der Waals surface area contributed by atoms with E-state index >= 15 is 0 Å². The molecule has 2 aromatic heterocycles. The zero-order chi connectivity index (χ0) is 61.6. The maximum absolute atomic E-state index is 13.9. The molecule has 8 rings (SSSR count). The molecule has 2 saturated heterocycles. The molecule has 12 nitrogen and oxygen atoms in total. The molecule has 448 valence electrons. The summed E-state index contributed by atoms with van der Waals surface area (Å²) in [4.78, 5) is 65.5. The molecule has 2 aliphatic heterocycles. The van der Waals surface area contributed by atoms with Gasteiger partial charge in [0.1, 0.15) is 11.6 Å². The minimum Gasteiger partial charge on any atom is -0.349 e. The monoisotopic (exact) mass is 1190 g/mol. The number of urea groups is 2. The van der Waals surface area contributed by atoms with Gasteiger partial charge in [0, 0.05) is 88.3 Å². The highest BCUT2D eigenvalue weighted by molar-refractivity contribution is 5.94. The van der Waals surface area contributed by atoms with Crippen molar-refractivity contribution in [2.75, 3.05) is 27.2 Å². The first-order chi connectivity index (χ1) is 39.3. The second-order valence-electron chi connectivity index (χ2n) is 20.4. The Kier molecular flexibility index (Phi) is 19.3. The van der Waals surface area contributed by atoms with Gasteiger partial charge in [0.05, 0.1) is 34.3 Å². The molecule has 6 amide bonds. The van der Waals surface area contributed by atoms with Crippen LogP contribution in [0.2, 0.25) is 0 Å². The molecule has 4 heterocycles. The van der Waals surface area contributed by atoms with Gasteiger partial charge in [0.25, 0.3) is 11.8 Å². The Morgan fingerprint density at radius 3 is 1.08 bits per heavy atom. The lowest BCUT2D eigenvalue weighted by molar-refractivity contribution is -0.144. The number of aryl methyl sites for hydroxylation is 2. The first-order valence-corrected chi connectivity index (χ1v) is 25.8. The quantitative estimate of drug-likeness (QED) is 0.131. The summed E-state index contributed by atoms with van der Waals surface area (Å²) < 4.78 is 188. The number of nitrogens with zero attached hydrogens (tertiary/aromatic N) is 6. The van der Waals surface area contributed by atoms with Crippen molar-refractivity contribution in [3.63, 3.8) is 0 Å². The molecular weight excluding hydrogens is 1140 g/mol. The number of nitrogens with one attached hydrogen (secondary N) is 2. The molecule has 0 bridgehead atoms. The van der Waals surface area contributed by atoms with Crippen LogP contribution < -0.4 is 10.6 Å². The molecule has 0 radical (unpaired) electrons. The summed E-state index contributed by atoms with van der Waals surface area (Å²) in [5.41, 5.74) is -3.55. The molecule has 2 fully saturated rings. The van der Waals surface area contributed by atoms with Crippen molar-refractivity contribution in [2.45, 2.75) is 101 Å². The number of pyridine rings is 2. The van der Waals surface area contributed by atoms with Crippen molar-refractivity contribution < 1.29 is 80.6 Å². The summed E-state index contributed by atoms with van der Waals surface area (Å²) >= 11 is 0. The average Bonchev–Trinajstić information content (AvgIpc) is 1.77. The van der Waals surface area contributed by atoms with E-state index in [1.165, 1.54) is 85.1 Å². The first kappa shape index (κ1) is 63.3. The van der Waals surface area contributed by atoms with Gasteiger partial charge >= 0.3 is 36.8 Å². The van der Waals surface area contributed by atoms with Crippen LogP contribution in [-0.4, -0.2) is 92.7 Å². The number of piperidine rings is 2. The minimum atomic E-state index is -5.02. The summed E-state index contributed by atoms with van der Waals surface area (Å²) in [6.45, 7) is 2.49. The normalized spacial score (nSPS) is 17.6. The van der Waals surface area contributed by atoms with Gasteiger partial charge in [-0.2, -0.15) is 52.7 Å². The molecule has 26 heteroatoms. The fourth-order valence-corrected chi connectivity index (χ4v) is 10.2. The van der Waals surface area contributed by atoms with Gasteiger partial charge in [-0.15, -0.1) is 0 Å². The fraction of sp³-hybridized carbons (Fsp3) is 0.345. The lowest BCUT2D eigenvalue weighted by Crippen LogP contribution is -2.51. The first-order valence-electron chi connectivity index (χ1n) is 25.8. The van der Waals surface area contributed by atoms with Crippen molar-refractivity contribution in [3.05, 3.63) is 200 Å². The van der Waals surface area contributed by atoms with Crippen LogP contribution in [0.5, 0.6) is 0 Å². The molecule has 0 saturated carbocycles. The highest BCUT2D eigenvalue weighted by atomic mass is 19.4. The van der Waals surface area contributed by atoms with Crippen molar-refractivity contribution in [1.29, 1.82) is 0 Å². The van der Waals surface area contributed by atoms with Crippen LogP contribution in [0, 0.1) is 25.5 Å². The largest absolute Gasteiger partial charge is 0.416 e. The van der Waals surface area contributed by atoms with Crippen LogP contribution in [0.4, 0.5) is 71.1 Å². The molecule has 4 atom stereocenters. The minimum absolute atomic E-state index is 0.0314. The van der Waals surface area contributed by atoms with Crippen LogP contribution >= 0.6 is 0 Å². The van der Waals surface area contributed by atoms with E-state index in [9.17, 15) is 80.6 Å². The third-order valence-electron chi connectivity index (χ3n) is 14.2. The van der Waals surface area contributed by atoms with Gasteiger partial charge in [0.2, 0.25) is 0 Å². The third-order valence-corrected chi connectivity index (χ3v) is 14.2. The van der Waals surface area contributed by atoms with Gasteiger partial charge in [-0.25, -0.2) is 18.4 Å². The molecule has 84 heavy (non-hydrogen) atoms. The van der Waals surface area contributed by atoms with Crippen LogP contribution in [0.25, 0.3) is 0 Å². The maximum Gasteiger partial charge on any atom is 0.416 e. The van der Waals surface area contributed by atoms with Crippen molar-refractivity contribution >= 4 is 23.9 Å². The molecule has 2 aliphatic rings. The molecule has 0 unspecified atom stereocenters. The van der Waals surface area contributed by atoms with E-state index in [2.05, 4.69) is 20.6 Å². The molecule has 4 aromatic carbocycles. The standard InChI is InChI=1S/2C29H27F7N4O2/c2*1-17-11-22(30)3-4-24(17)25-15-23(38-26(41)19-5-8-37-9-6-19)7-10-40(25)27(42)39(2)16-18-12-20(28(31,32)33)14-21(13-18)29(34,35)36/h2*3-6,8-9,11-14,23,25H,7,10,15-16H2,1-2H3,(H,38,41)/t23-,25+;23-,25-/m01/s1. The van der Waals surface area contributed by atoms with E-state index in [4.69, 9.17) is 0 Å². The predicted molar refractivity (Wildman–Crippen MR) is 277 cm³/mol. The number of amides is 6. The summed E-state index contributed by atoms with van der Waals surface area (Å²) in [5.74, 6) is -1.68. The summed E-state index contributed by atoms with van der Waals surface area (Å²) in [6.07, 6.45) is -13.1. The van der Waals surface area contributed by atoms with E-state index < -0.39 is 95.8 Å². The van der Waals surface area contributed by atoms with E-state index in [0.717, 1.165) is 9.80 Å². The lowest BCUT2D eigenvalue weighted by Gasteiger charge is -2.42. The van der Waals surface area contributed by atoms with Gasteiger partial charge in [-0.3, -0.25) is 19.6 Å². The van der Waals surface area contributed by atoms with Gasteiger partial charge in [-0.1, -0.05) is 12.1 Å². The van der Waals surface area contributed by atoms with Gasteiger partial charge in [-0.05, 0) is 158 Å². The van der Waals surface area contributed by atoms with E-state index in [1.807, 2.05) is 0 Å². The number of carbonyl (C=O) groups is 4. The number of benzene rings is 4. The molecule has 6 aromatic rings. The Morgan fingerprint density at radius 1 is 0.488 bits per heavy atom. The Labute approximate surface area is 472 Å². The Bertz CT molecular complexity index is 3040. The van der Waals surface area contributed by atoms with Gasteiger partial charge < -0.3 is 30.2 Å². The fourth-order valence-electron chi connectivity index (χ4n) is 10.2. The number of hydrogen-bond donors (Lipinski definition) is 2. The van der Waals surface area contributed by atoms with Crippen molar-refractivity contribution in [1.82, 2.24) is 40.2 Å². The highest BCUT2D eigenvalue weighted by Gasteiger charge is 2.41. The molecule has 0 spiro atoms. The zero-order valence-electron chi connectivity index (χ0n) is 45.1. The zero-order valence-corrected chi connectivity index (χ0v) is 45.1. The number of alkyl halides is 12. The van der Waals surface area contributed by atoms with Crippen LogP contribution in [-0.2, 0) is 37.8 Å². The molecule has 0 aliphatic carbocycles. The predicted octanol–water partition coefficient (Wildman–Crippen LogP) is 13.5. The number of aromatic nitrogens is 2. The second kappa shape index (κ2) is 25.7. The lowest BCUT2D eigenvalue weighted by atomic mass is 9.89. The van der Waals surface area contributed by atoms with Crippen LogP contribution in [0.1, 0.15) is 114 Å². The molecule has 2 N–H and O–H groups in total. The average molecular weight is 1190 g/mol. The number of hydrogen-bond acceptors (Lipinski definition) is 6. The Hall–Kier alpha value is -8.32. The SMILES string of the molecule is Cc1cc(F)ccc1[C@H]1C[C@@H](NC(=O)c2ccncc2)CCN1C(=O)N(C)Cc1cc(C(F)(F)F)cc(C(F)(F)F)c1.Cc1cc(F)ccc1[C@H]1C[C@H](NC(=O)c2ccncc2)CCN1C(=O)N(C)Cc1cc(C(F)(F)F)cc(C(F)(F)F)c1. The molecular formula is C58H54F14N8O4. The van der Waals surface area contributed by atoms with Crippen molar-refractivity contribution in [2.24, 2.45) is 0 Å². The van der Waals surface area contributed by atoms with Crippen LogP contribution in [0.3, 0.4) is 0 Å². The number of carbonyl (C=O) groups excluding carboxylic acids is 4. The number of rotatable bonds is 10. The van der Waals surface area contributed by atoms with Gasteiger partial charge in [0.15, 0.2) is 0 Å². The number of likely N-dealkylation sites (tertiary alicyclic amines) is 2. The van der Waals surface area contributed by atoms with E-state index in [-0.39, 0.29) is 73.1 Å². The number of halogens is 14. The summed E-state index contributed by atoms with van der Waals surface area (Å²) in [7, 11) is 2.56. The second-order valence-corrected chi connectivity index (χ2v) is 20.4. The van der Waals surface area contributed by atoms with E-state index in [1.54, 1.807) is 38.1 Å². The maximum atomic E-state index is 13.9. The van der Waals surface area contributed by atoms with Crippen LogP contribution in [0.15, 0.2) is 122 Å². The Balaban J connectivity index is 0.000000241. The van der Waals surface area contributed by atoms with Crippen molar-refractivity contribution in [3.8, 4) is 0 Å². The highest BCUT2D eigenvalue weighted by Crippen LogP contribution is 2.40. The smallest absolute Gasteiger partial charge is 0.349 e. The topological polar surface area (TPSA) is 131 Å². The third kappa shape index (κ3) is 16.1. The van der Waals surface area contributed by atoms with E-state index in [0.29, 0.717) is 70.5 Å². The summed E-state index contributed by atoms with van der Waals surface area (Å²) in [6, 6.07) is 13.3. The Morgan fingerprint density at radius 2 is 0.798 bits per heavy atom. The summed E-state index contributed by atoms with van der Waals surface area (Å²) in [5, 5.41) is 5.86.